The zero-order chi connectivity index (χ0) is 12.7. The number of anilines is 1. The van der Waals surface area contributed by atoms with Crippen LogP contribution in [0.1, 0.15) is 11.1 Å². The Hall–Kier alpha value is -1.87. The van der Waals surface area contributed by atoms with Crippen molar-refractivity contribution in [1.29, 1.82) is 0 Å². The minimum Gasteiger partial charge on any atom is -0.399 e. The average molecular weight is 254 g/mol. The predicted molar refractivity (Wildman–Crippen MR) is 78.9 cm³/mol. The molecule has 0 aliphatic heterocycles. The first kappa shape index (κ1) is 11.2. The van der Waals surface area contributed by atoms with Crippen molar-refractivity contribution in [2.24, 2.45) is 0 Å². The maximum atomic E-state index is 5.82. The number of nitrogen functional groups attached to an aromatic ring is 1. The normalized spacial score (nSPS) is 11.0. The number of benzene rings is 2. The summed E-state index contributed by atoms with van der Waals surface area (Å²) < 4.78 is 1.24. The fourth-order valence-corrected chi connectivity index (χ4v) is 3.30. The predicted octanol–water partition coefficient (Wildman–Crippen LogP) is 4.16. The maximum absolute atomic E-state index is 5.82. The lowest BCUT2D eigenvalue weighted by atomic mass is 10.1. The lowest BCUT2D eigenvalue weighted by molar-refractivity contribution is 1.38. The van der Waals surface area contributed by atoms with E-state index in [0.29, 0.717) is 0 Å². The summed E-state index contributed by atoms with van der Waals surface area (Å²) in [6, 6.07) is 12.2. The number of hydrogen-bond donors (Lipinski definition) is 1. The molecule has 0 aliphatic rings. The highest BCUT2D eigenvalue weighted by Crippen LogP contribution is 2.32. The van der Waals surface area contributed by atoms with Crippen molar-refractivity contribution in [3.63, 3.8) is 0 Å². The molecule has 0 bridgehead atoms. The Labute approximate surface area is 110 Å². The Kier molecular flexibility index (Phi) is 2.56. The standard InChI is InChI=1S/C15H14N2S/c1-9-6-10(2)14-13(7-9)18-15(17-14)11-4-3-5-12(16)8-11/h3-8H,16H2,1-2H3. The SMILES string of the molecule is Cc1cc(C)c2nc(-c3cccc(N)c3)sc2c1. The molecule has 0 amide bonds. The van der Waals surface area contributed by atoms with Gasteiger partial charge in [0.1, 0.15) is 5.01 Å². The average Bonchev–Trinajstić information content (AvgIpc) is 2.73. The number of fused-ring (bicyclic) bond motifs is 1. The van der Waals surface area contributed by atoms with E-state index in [2.05, 4.69) is 32.0 Å². The molecule has 0 radical (unpaired) electrons. The molecule has 0 fully saturated rings. The monoisotopic (exact) mass is 254 g/mol. The van der Waals surface area contributed by atoms with Crippen molar-refractivity contribution < 1.29 is 0 Å². The van der Waals surface area contributed by atoms with E-state index in [0.717, 1.165) is 21.8 Å². The first-order chi connectivity index (χ1) is 8.63. The molecule has 3 aromatic rings. The molecule has 0 atom stereocenters. The van der Waals surface area contributed by atoms with Crippen molar-refractivity contribution in [3.05, 3.63) is 47.5 Å². The molecule has 3 heteroatoms. The molecule has 2 nitrogen and oxygen atoms in total. The Morgan fingerprint density at radius 3 is 2.72 bits per heavy atom. The van der Waals surface area contributed by atoms with Gasteiger partial charge in [-0.2, -0.15) is 0 Å². The van der Waals surface area contributed by atoms with Gasteiger partial charge in [0.05, 0.1) is 10.2 Å². The third kappa shape index (κ3) is 1.87. The number of nitrogens with two attached hydrogens (primary N) is 1. The summed E-state index contributed by atoms with van der Waals surface area (Å²) in [6.45, 7) is 4.23. The van der Waals surface area contributed by atoms with Gasteiger partial charge in [0.2, 0.25) is 0 Å². The van der Waals surface area contributed by atoms with E-state index in [1.807, 2.05) is 18.2 Å². The van der Waals surface area contributed by atoms with Crippen LogP contribution in [0.4, 0.5) is 5.69 Å². The van der Waals surface area contributed by atoms with Gasteiger partial charge in [-0.15, -0.1) is 11.3 Å². The van der Waals surface area contributed by atoms with E-state index in [4.69, 9.17) is 10.7 Å². The van der Waals surface area contributed by atoms with Crippen LogP contribution in [0.5, 0.6) is 0 Å². The molecule has 0 spiro atoms. The van der Waals surface area contributed by atoms with Crippen molar-refractivity contribution in [2.75, 3.05) is 5.73 Å². The molecule has 1 aromatic heterocycles. The summed E-state index contributed by atoms with van der Waals surface area (Å²) in [5, 5.41) is 1.03. The van der Waals surface area contributed by atoms with Crippen LogP contribution in [0.15, 0.2) is 36.4 Å². The maximum Gasteiger partial charge on any atom is 0.124 e. The van der Waals surface area contributed by atoms with E-state index < -0.39 is 0 Å². The summed E-state index contributed by atoms with van der Waals surface area (Å²) >= 11 is 1.72. The molecule has 0 saturated carbocycles. The zero-order valence-corrected chi connectivity index (χ0v) is 11.2. The Morgan fingerprint density at radius 2 is 1.94 bits per heavy atom. The topological polar surface area (TPSA) is 38.9 Å². The first-order valence-corrected chi connectivity index (χ1v) is 6.69. The molecule has 2 N–H and O–H groups in total. The second-order valence-corrected chi connectivity index (χ2v) is 5.60. The first-order valence-electron chi connectivity index (χ1n) is 5.87. The lowest BCUT2D eigenvalue weighted by Crippen LogP contribution is -1.84. The van der Waals surface area contributed by atoms with E-state index in [1.54, 1.807) is 11.3 Å². The summed E-state index contributed by atoms with van der Waals surface area (Å²) in [5.74, 6) is 0. The Morgan fingerprint density at radius 1 is 1.11 bits per heavy atom. The van der Waals surface area contributed by atoms with Crippen molar-refractivity contribution >= 4 is 27.2 Å². The molecule has 90 valence electrons. The highest BCUT2D eigenvalue weighted by molar-refractivity contribution is 7.21. The quantitative estimate of drug-likeness (QED) is 0.662. The van der Waals surface area contributed by atoms with Crippen LogP contribution >= 0.6 is 11.3 Å². The molecule has 2 aromatic carbocycles. The van der Waals surface area contributed by atoms with Crippen molar-refractivity contribution in [2.45, 2.75) is 13.8 Å². The largest absolute Gasteiger partial charge is 0.399 e. The van der Waals surface area contributed by atoms with Crippen LogP contribution in [0, 0.1) is 13.8 Å². The van der Waals surface area contributed by atoms with Gasteiger partial charge in [-0.05, 0) is 43.2 Å². The molecular weight excluding hydrogens is 240 g/mol. The van der Waals surface area contributed by atoms with Gasteiger partial charge in [0.25, 0.3) is 0 Å². The van der Waals surface area contributed by atoms with Crippen molar-refractivity contribution in [3.8, 4) is 10.6 Å². The minimum absolute atomic E-state index is 0.777. The lowest BCUT2D eigenvalue weighted by Gasteiger charge is -1.97. The molecule has 1 heterocycles. The number of nitrogens with zero attached hydrogens (tertiary/aromatic N) is 1. The number of aryl methyl sites for hydroxylation is 2. The van der Waals surface area contributed by atoms with Crippen LogP contribution in [-0.2, 0) is 0 Å². The van der Waals surface area contributed by atoms with Gasteiger partial charge in [0.15, 0.2) is 0 Å². The van der Waals surface area contributed by atoms with Crippen LogP contribution in [0.25, 0.3) is 20.8 Å². The van der Waals surface area contributed by atoms with Gasteiger partial charge < -0.3 is 5.73 Å². The van der Waals surface area contributed by atoms with Gasteiger partial charge in [-0.25, -0.2) is 4.98 Å². The van der Waals surface area contributed by atoms with Gasteiger partial charge in [-0.3, -0.25) is 0 Å². The van der Waals surface area contributed by atoms with Crippen LogP contribution in [0.3, 0.4) is 0 Å². The minimum atomic E-state index is 0.777. The number of thiazole rings is 1. The molecule has 0 saturated heterocycles. The van der Waals surface area contributed by atoms with Crippen LogP contribution in [0.2, 0.25) is 0 Å². The summed E-state index contributed by atoms with van der Waals surface area (Å²) in [6.07, 6.45) is 0. The number of hydrogen-bond acceptors (Lipinski definition) is 3. The Balaban J connectivity index is 2.22. The summed E-state index contributed by atoms with van der Waals surface area (Å²) in [4.78, 5) is 4.73. The second-order valence-electron chi connectivity index (χ2n) is 4.57. The van der Waals surface area contributed by atoms with Crippen LogP contribution in [-0.4, -0.2) is 4.98 Å². The zero-order valence-electron chi connectivity index (χ0n) is 10.4. The summed E-state index contributed by atoms with van der Waals surface area (Å²) in [5.41, 5.74) is 11.3. The van der Waals surface area contributed by atoms with Gasteiger partial charge in [-0.1, -0.05) is 18.2 Å². The molecule has 3 rings (SSSR count). The second kappa shape index (κ2) is 4.10. The van der Waals surface area contributed by atoms with E-state index in [9.17, 15) is 0 Å². The van der Waals surface area contributed by atoms with E-state index >= 15 is 0 Å². The fraction of sp³-hybridized carbons (Fsp3) is 0.133. The molecular formula is C15H14N2S. The number of rotatable bonds is 1. The van der Waals surface area contributed by atoms with Crippen molar-refractivity contribution in [1.82, 2.24) is 4.98 Å². The molecule has 18 heavy (non-hydrogen) atoms. The highest BCUT2D eigenvalue weighted by atomic mass is 32.1. The third-order valence-corrected chi connectivity index (χ3v) is 4.01. The molecule has 0 unspecified atom stereocenters. The van der Waals surface area contributed by atoms with Gasteiger partial charge >= 0.3 is 0 Å². The van der Waals surface area contributed by atoms with Crippen LogP contribution < -0.4 is 5.73 Å². The van der Waals surface area contributed by atoms with E-state index in [1.165, 1.54) is 15.8 Å². The Bertz CT molecular complexity index is 728. The smallest absolute Gasteiger partial charge is 0.124 e. The molecule has 0 aliphatic carbocycles. The third-order valence-electron chi connectivity index (χ3n) is 2.96. The number of aromatic nitrogens is 1. The highest BCUT2D eigenvalue weighted by Gasteiger charge is 2.08. The van der Waals surface area contributed by atoms with E-state index in [-0.39, 0.29) is 0 Å². The van der Waals surface area contributed by atoms with Gasteiger partial charge in [0, 0.05) is 11.3 Å². The summed E-state index contributed by atoms with van der Waals surface area (Å²) in [7, 11) is 0. The fourth-order valence-electron chi connectivity index (χ4n) is 2.17.